The number of amides is 1. The summed E-state index contributed by atoms with van der Waals surface area (Å²) in [5.74, 6) is 2.55. The number of para-hydroxylation sites is 1. The Morgan fingerprint density at radius 1 is 1.07 bits per heavy atom. The molecule has 9 nitrogen and oxygen atoms in total. The number of rotatable bonds is 9. The summed E-state index contributed by atoms with van der Waals surface area (Å²) in [7, 11) is 2.09. The highest BCUT2D eigenvalue weighted by molar-refractivity contribution is 6.03. The Kier molecular flexibility index (Phi) is 7.59. The van der Waals surface area contributed by atoms with E-state index in [1.54, 1.807) is 12.4 Å². The zero-order chi connectivity index (χ0) is 29.3. The summed E-state index contributed by atoms with van der Waals surface area (Å²) in [6.07, 6.45) is 9.43. The SMILES string of the molecule is CN(C/C=C/C(=O)N1CC[C@@H](n2c(C3CC3)c(-c3ccc(Oc4ccccc4)cc3)c3c(N)ncnc32)C1)C1CCOC1. The van der Waals surface area contributed by atoms with Gasteiger partial charge >= 0.3 is 0 Å². The number of carbonyl (C=O) groups is 1. The molecule has 1 unspecified atom stereocenters. The van der Waals surface area contributed by atoms with Crippen LogP contribution in [-0.4, -0.2) is 76.2 Å². The van der Waals surface area contributed by atoms with Crippen LogP contribution in [-0.2, 0) is 9.53 Å². The number of hydrogen-bond donors (Lipinski definition) is 1. The van der Waals surface area contributed by atoms with Gasteiger partial charge in [0.05, 0.1) is 18.0 Å². The van der Waals surface area contributed by atoms with Gasteiger partial charge in [-0.1, -0.05) is 36.4 Å². The van der Waals surface area contributed by atoms with Crippen LogP contribution in [0.3, 0.4) is 0 Å². The second-order valence-electron chi connectivity index (χ2n) is 11.9. The molecule has 7 rings (SSSR count). The van der Waals surface area contributed by atoms with E-state index in [9.17, 15) is 4.79 Å². The molecule has 4 heterocycles. The number of aromatic nitrogens is 3. The van der Waals surface area contributed by atoms with Crippen molar-refractivity contribution in [2.75, 3.05) is 45.6 Å². The maximum atomic E-state index is 13.2. The molecule has 43 heavy (non-hydrogen) atoms. The molecule has 0 bridgehead atoms. The molecule has 9 heteroatoms. The van der Waals surface area contributed by atoms with E-state index in [0.29, 0.717) is 30.9 Å². The van der Waals surface area contributed by atoms with Crippen LogP contribution in [0.5, 0.6) is 11.5 Å². The van der Waals surface area contributed by atoms with E-state index in [1.807, 2.05) is 53.4 Å². The molecule has 2 aliphatic heterocycles. The molecule has 3 aliphatic rings. The fraction of sp³-hybridized carbons (Fsp3) is 0.382. The van der Waals surface area contributed by atoms with Crippen molar-refractivity contribution in [3.63, 3.8) is 0 Å². The molecule has 2 atom stereocenters. The average molecular weight is 579 g/mol. The lowest BCUT2D eigenvalue weighted by atomic mass is 10.0. The topological polar surface area (TPSA) is 98.7 Å². The summed E-state index contributed by atoms with van der Waals surface area (Å²) in [5, 5.41) is 0.893. The standard InChI is InChI=1S/C34H38N6O3/c1-38(26-16-19-42-21-26)17-5-8-29(41)39-18-15-25(20-39)40-32(24-9-10-24)30(31-33(35)36-22-37-34(31)40)23-11-13-28(14-12-23)43-27-6-3-2-4-7-27/h2-8,11-14,22,24-26H,9-10,15-21H2,1H3,(H2,35,36,37)/b8-5+/t25-,26?/m1/s1. The van der Waals surface area contributed by atoms with Crippen molar-refractivity contribution in [3.05, 3.63) is 78.8 Å². The van der Waals surface area contributed by atoms with Crippen LogP contribution in [0.15, 0.2) is 73.1 Å². The van der Waals surface area contributed by atoms with Crippen molar-refractivity contribution >= 4 is 22.8 Å². The van der Waals surface area contributed by atoms with E-state index < -0.39 is 0 Å². The smallest absolute Gasteiger partial charge is 0.246 e. The lowest BCUT2D eigenvalue weighted by Gasteiger charge is -2.21. The monoisotopic (exact) mass is 578 g/mol. The van der Waals surface area contributed by atoms with E-state index in [-0.39, 0.29) is 11.9 Å². The second kappa shape index (κ2) is 11.8. The molecule has 2 saturated heterocycles. The summed E-state index contributed by atoms with van der Waals surface area (Å²) in [5.41, 5.74) is 10.8. The average Bonchev–Trinajstić information content (AvgIpc) is 3.39. The molecule has 2 N–H and O–H groups in total. The maximum Gasteiger partial charge on any atom is 0.246 e. The lowest BCUT2D eigenvalue weighted by molar-refractivity contribution is -0.125. The van der Waals surface area contributed by atoms with Crippen molar-refractivity contribution in [1.29, 1.82) is 0 Å². The number of hydrogen-bond acceptors (Lipinski definition) is 7. The normalized spacial score (nSPS) is 20.6. The predicted octanol–water partition coefficient (Wildman–Crippen LogP) is 5.40. The Balaban J connectivity index is 1.15. The summed E-state index contributed by atoms with van der Waals surface area (Å²) < 4.78 is 13.9. The number of nitrogens with two attached hydrogens (primary N) is 1. The van der Waals surface area contributed by atoms with Crippen LogP contribution in [0.1, 0.15) is 43.3 Å². The molecule has 4 aromatic rings. The van der Waals surface area contributed by atoms with Gasteiger partial charge in [-0.15, -0.1) is 0 Å². The third-order valence-corrected chi connectivity index (χ3v) is 8.96. The van der Waals surface area contributed by atoms with Gasteiger partial charge in [-0.3, -0.25) is 9.69 Å². The van der Waals surface area contributed by atoms with Gasteiger partial charge in [-0.05, 0) is 68.5 Å². The van der Waals surface area contributed by atoms with Crippen molar-refractivity contribution in [3.8, 4) is 22.6 Å². The van der Waals surface area contributed by atoms with Crippen molar-refractivity contribution in [2.24, 2.45) is 0 Å². The largest absolute Gasteiger partial charge is 0.457 e. The first kappa shape index (κ1) is 27.6. The molecule has 3 fully saturated rings. The highest BCUT2D eigenvalue weighted by Gasteiger charge is 2.38. The third kappa shape index (κ3) is 5.62. The van der Waals surface area contributed by atoms with E-state index >= 15 is 0 Å². The molecular weight excluding hydrogens is 540 g/mol. The van der Waals surface area contributed by atoms with Crippen molar-refractivity contribution < 1.29 is 14.3 Å². The highest BCUT2D eigenvalue weighted by Crippen LogP contribution is 2.51. The van der Waals surface area contributed by atoms with Crippen LogP contribution in [0.25, 0.3) is 22.2 Å². The number of benzene rings is 2. The van der Waals surface area contributed by atoms with Gasteiger partial charge in [0.15, 0.2) is 0 Å². The van der Waals surface area contributed by atoms with Gasteiger partial charge < -0.3 is 24.7 Å². The van der Waals surface area contributed by atoms with Gasteiger partial charge in [-0.2, -0.15) is 0 Å². The van der Waals surface area contributed by atoms with Crippen LogP contribution in [0.4, 0.5) is 5.82 Å². The van der Waals surface area contributed by atoms with E-state index in [2.05, 4.69) is 33.6 Å². The second-order valence-corrected chi connectivity index (χ2v) is 11.9. The first-order valence-corrected chi connectivity index (χ1v) is 15.3. The maximum absolute atomic E-state index is 13.2. The summed E-state index contributed by atoms with van der Waals surface area (Å²) >= 11 is 0. The first-order chi connectivity index (χ1) is 21.1. The number of carbonyl (C=O) groups excluding carboxylic acids is 1. The highest BCUT2D eigenvalue weighted by atomic mass is 16.5. The Morgan fingerprint density at radius 2 is 1.86 bits per heavy atom. The number of fused-ring (bicyclic) bond motifs is 1. The number of likely N-dealkylation sites (N-methyl/N-ethyl adjacent to an activating group) is 1. The van der Waals surface area contributed by atoms with E-state index in [0.717, 1.165) is 79.1 Å². The molecule has 2 aromatic heterocycles. The minimum absolute atomic E-state index is 0.0615. The summed E-state index contributed by atoms with van der Waals surface area (Å²) in [4.78, 5) is 26.6. The molecule has 1 aliphatic carbocycles. The molecule has 0 spiro atoms. The summed E-state index contributed by atoms with van der Waals surface area (Å²) in [6.45, 7) is 3.68. The number of nitrogens with zero attached hydrogens (tertiary/aromatic N) is 5. The van der Waals surface area contributed by atoms with Crippen LogP contribution < -0.4 is 10.5 Å². The fourth-order valence-corrected chi connectivity index (χ4v) is 6.50. The number of nitrogen functional groups attached to an aromatic ring is 1. The zero-order valence-electron chi connectivity index (χ0n) is 24.6. The van der Waals surface area contributed by atoms with E-state index in [4.69, 9.17) is 20.2 Å². The van der Waals surface area contributed by atoms with E-state index in [1.165, 1.54) is 5.69 Å². The lowest BCUT2D eigenvalue weighted by Crippen LogP contribution is -2.32. The minimum Gasteiger partial charge on any atom is -0.457 e. The number of ether oxygens (including phenoxy) is 2. The van der Waals surface area contributed by atoms with Crippen LogP contribution in [0.2, 0.25) is 0 Å². The Labute approximate surface area is 251 Å². The Bertz CT molecular complexity index is 1620. The molecule has 2 aromatic carbocycles. The Morgan fingerprint density at radius 3 is 2.60 bits per heavy atom. The van der Waals surface area contributed by atoms with Gasteiger partial charge in [-0.25, -0.2) is 9.97 Å². The molecule has 1 amide bonds. The quantitative estimate of drug-likeness (QED) is 0.266. The third-order valence-electron chi connectivity index (χ3n) is 8.96. The molecule has 1 saturated carbocycles. The minimum atomic E-state index is 0.0615. The van der Waals surface area contributed by atoms with Crippen molar-refractivity contribution in [1.82, 2.24) is 24.3 Å². The van der Waals surface area contributed by atoms with Gasteiger partial charge in [0.1, 0.15) is 29.3 Å². The van der Waals surface area contributed by atoms with Gasteiger partial charge in [0.25, 0.3) is 0 Å². The molecular formula is C34H38N6O3. The van der Waals surface area contributed by atoms with Gasteiger partial charge in [0.2, 0.25) is 5.91 Å². The van der Waals surface area contributed by atoms with Crippen LogP contribution >= 0.6 is 0 Å². The van der Waals surface area contributed by atoms with Crippen molar-refractivity contribution in [2.45, 2.75) is 43.7 Å². The van der Waals surface area contributed by atoms with Crippen LogP contribution in [0, 0.1) is 0 Å². The van der Waals surface area contributed by atoms with Gasteiger partial charge in [0, 0.05) is 49.6 Å². The zero-order valence-corrected chi connectivity index (χ0v) is 24.6. The number of likely N-dealkylation sites (tertiary alicyclic amines) is 1. The predicted molar refractivity (Wildman–Crippen MR) is 167 cm³/mol. The summed E-state index contributed by atoms with van der Waals surface area (Å²) in [6, 6.07) is 18.5. The fourth-order valence-electron chi connectivity index (χ4n) is 6.50. The molecule has 0 radical (unpaired) electrons. The number of anilines is 1. The Hall–Kier alpha value is -4.21. The first-order valence-electron chi connectivity index (χ1n) is 15.3. The molecule has 222 valence electrons.